The fraction of sp³-hybridized carbons (Fsp3) is 0.143. The Kier molecular flexibility index (Phi) is 4.71. The summed E-state index contributed by atoms with van der Waals surface area (Å²) < 4.78 is 5.15. The summed E-state index contributed by atoms with van der Waals surface area (Å²) in [5.74, 6) is 5.85. The van der Waals surface area contributed by atoms with Crippen LogP contribution in [0, 0.1) is 11.8 Å². The van der Waals surface area contributed by atoms with Crippen LogP contribution >= 0.6 is 11.3 Å². The lowest BCUT2D eigenvalue weighted by molar-refractivity contribution is 0.102. The Balaban J connectivity index is 2.13. The Morgan fingerprint density at radius 1 is 1.50 bits per heavy atom. The van der Waals surface area contributed by atoms with Gasteiger partial charge in [0.1, 0.15) is 5.75 Å². The maximum atomic E-state index is 12.1. The van der Waals surface area contributed by atoms with E-state index < -0.39 is 0 Å². The molecule has 0 aliphatic rings. The van der Waals surface area contributed by atoms with Gasteiger partial charge < -0.3 is 10.5 Å². The Morgan fingerprint density at radius 2 is 2.30 bits per heavy atom. The first kappa shape index (κ1) is 14.1. The van der Waals surface area contributed by atoms with Crippen LogP contribution in [0.1, 0.15) is 15.2 Å². The number of hydrogen-bond donors (Lipinski definition) is 2. The number of nitrogens with one attached hydrogen (secondary N) is 1. The summed E-state index contributed by atoms with van der Waals surface area (Å²) in [6.07, 6.45) is 1.60. The number of benzene rings is 1. The molecule has 0 fully saturated rings. The van der Waals surface area contributed by atoms with Crippen LogP contribution in [0.5, 0.6) is 5.75 Å². The molecule has 2 aromatic rings. The number of aromatic nitrogens is 1. The van der Waals surface area contributed by atoms with Gasteiger partial charge in [0.15, 0.2) is 5.13 Å². The van der Waals surface area contributed by atoms with Crippen molar-refractivity contribution >= 4 is 22.4 Å². The zero-order chi connectivity index (χ0) is 14.4. The molecule has 3 N–H and O–H groups in total. The summed E-state index contributed by atoms with van der Waals surface area (Å²) in [6.45, 7) is 0.292. The number of para-hydroxylation sites is 1. The van der Waals surface area contributed by atoms with Gasteiger partial charge in [-0.2, -0.15) is 0 Å². The fourth-order valence-corrected chi connectivity index (χ4v) is 2.21. The Morgan fingerprint density at radius 3 is 3.05 bits per heavy atom. The third-order valence-electron chi connectivity index (χ3n) is 2.39. The first-order chi connectivity index (χ1) is 9.74. The third kappa shape index (κ3) is 3.35. The van der Waals surface area contributed by atoms with Gasteiger partial charge in [-0.1, -0.05) is 35.3 Å². The van der Waals surface area contributed by atoms with E-state index in [1.54, 1.807) is 30.5 Å². The number of nitrogens with zero attached hydrogens (tertiary/aromatic N) is 1. The van der Waals surface area contributed by atoms with Gasteiger partial charge in [-0.05, 0) is 12.1 Å². The van der Waals surface area contributed by atoms with Crippen molar-refractivity contribution in [3.8, 4) is 17.6 Å². The highest BCUT2D eigenvalue weighted by atomic mass is 32.1. The fourth-order valence-electron chi connectivity index (χ4n) is 1.52. The van der Waals surface area contributed by atoms with Crippen molar-refractivity contribution in [2.75, 3.05) is 19.0 Å². The molecule has 0 radical (unpaired) electrons. The standard InChI is InChI=1S/C14H13N3O2S/c1-19-12-7-3-2-6-11(12)13(18)17-14-16-9-10(20-14)5-4-8-15/h2-3,6-7,9H,8,15H2,1H3,(H,16,17,18). The molecule has 0 aliphatic carbocycles. The number of methoxy groups -OCH3 is 1. The van der Waals surface area contributed by atoms with E-state index in [0.29, 0.717) is 23.0 Å². The van der Waals surface area contributed by atoms with Crippen LogP contribution < -0.4 is 15.8 Å². The van der Waals surface area contributed by atoms with Crippen molar-refractivity contribution in [2.45, 2.75) is 0 Å². The highest BCUT2D eigenvalue weighted by Gasteiger charge is 2.13. The number of carbonyl (C=O) groups excluding carboxylic acids is 1. The second-order valence-corrected chi connectivity index (χ2v) is 4.72. The number of hydrogen-bond acceptors (Lipinski definition) is 5. The van der Waals surface area contributed by atoms with Gasteiger partial charge in [-0.25, -0.2) is 4.98 Å². The molecular formula is C14H13N3O2S. The molecular weight excluding hydrogens is 274 g/mol. The van der Waals surface area contributed by atoms with Crippen LogP contribution in [0.2, 0.25) is 0 Å². The monoisotopic (exact) mass is 287 g/mol. The van der Waals surface area contributed by atoms with Gasteiger partial charge in [0.05, 0.1) is 30.3 Å². The average molecular weight is 287 g/mol. The molecule has 0 aliphatic heterocycles. The molecule has 1 aromatic carbocycles. The van der Waals surface area contributed by atoms with Crippen molar-refractivity contribution in [3.63, 3.8) is 0 Å². The van der Waals surface area contributed by atoms with Crippen LogP contribution in [0.15, 0.2) is 30.5 Å². The Hall–Kier alpha value is -2.36. The predicted molar refractivity (Wildman–Crippen MR) is 79.0 cm³/mol. The van der Waals surface area contributed by atoms with Crippen LogP contribution in [0.3, 0.4) is 0 Å². The minimum absolute atomic E-state index is 0.268. The summed E-state index contributed by atoms with van der Waals surface area (Å²) in [5, 5.41) is 3.21. The number of anilines is 1. The van der Waals surface area contributed by atoms with E-state index in [-0.39, 0.29) is 5.91 Å². The van der Waals surface area contributed by atoms with Crippen molar-refractivity contribution in [3.05, 3.63) is 40.9 Å². The molecule has 5 nitrogen and oxygen atoms in total. The number of amides is 1. The van der Waals surface area contributed by atoms with E-state index in [9.17, 15) is 4.79 Å². The number of ether oxygens (including phenoxy) is 1. The maximum absolute atomic E-state index is 12.1. The second-order valence-electron chi connectivity index (χ2n) is 3.69. The van der Waals surface area contributed by atoms with E-state index in [1.807, 2.05) is 0 Å². The molecule has 0 bridgehead atoms. The van der Waals surface area contributed by atoms with Gasteiger partial charge in [0.25, 0.3) is 5.91 Å². The minimum atomic E-state index is -0.268. The molecule has 0 unspecified atom stereocenters. The molecule has 20 heavy (non-hydrogen) atoms. The number of rotatable bonds is 3. The number of thiazole rings is 1. The zero-order valence-electron chi connectivity index (χ0n) is 10.8. The Labute approximate surface area is 120 Å². The maximum Gasteiger partial charge on any atom is 0.261 e. The molecule has 0 saturated heterocycles. The van der Waals surface area contributed by atoms with Gasteiger partial charge in [-0.3, -0.25) is 10.1 Å². The first-order valence-corrected chi connectivity index (χ1v) is 6.65. The highest BCUT2D eigenvalue weighted by molar-refractivity contribution is 7.16. The number of nitrogens with two attached hydrogens (primary N) is 1. The van der Waals surface area contributed by atoms with Crippen LogP contribution in [0.4, 0.5) is 5.13 Å². The quantitative estimate of drug-likeness (QED) is 0.843. The lowest BCUT2D eigenvalue weighted by atomic mass is 10.2. The van der Waals surface area contributed by atoms with Crippen LogP contribution in [-0.2, 0) is 0 Å². The Bertz CT molecular complexity index is 670. The minimum Gasteiger partial charge on any atom is -0.496 e. The van der Waals surface area contributed by atoms with Crippen molar-refractivity contribution in [1.82, 2.24) is 4.98 Å². The average Bonchev–Trinajstić information content (AvgIpc) is 2.92. The van der Waals surface area contributed by atoms with Crippen molar-refractivity contribution < 1.29 is 9.53 Å². The molecule has 1 amide bonds. The van der Waals surface area contributed by atoms with E-state index in [2.05, 4.69) is 22.1 Å². The van der Waals surface area contributed by atoms with Crippen molar-refractivity contribution in [2.24, 2.45) is 5.73 Å². The van der Waals surface area contributed by atoms with Gasteiger partial charge in [0, 0.05) is 0 Å². The smallest absolute Gasteiger partial charge is 0.261 e. The lowest BCUT2D eigenvalue weighted by Crippen LogP contribution is -2.12. The molecule has 6 heteroatoms. The lowest BCUT2D eigenvalue weighted by Gasteiger charge is -2.06. The molecule has 0 atom stereocenters. The molecule has 0 saturated carbocycles. The zero-order valence-corrected chi connectivity index (χ0v) is 11.7. The molecule has 2 rings (SSSR count). The predicted octanol–water partition coefficient (Wildman–Crippen LogP) is 1.71. The van der Waals surface area contributed by atoms with Gasteiger partial charge in [0.2, 0.25) is 0 Å². The summed E-state index contributed by atoms with van der Waals surface area (Å²) >= 11 is 1.30. The molecule has 1 aromatic heterocycles. The topological polar surface area (TPSA) is 77.2 Å². The third-order valence-corrected chi connectivity index (χ3v) is 3.22. The highest BCUT2D eigenvalue weighted by Crippen LogP contribution is 2.21. The summed E-state index contributed by atoms with van der Waals surface area (Å²) in [6, 6.07) is 7.00. The van der Waals surface area contributed by atoms with Crippen LogP contribution in [-0.4, -0.2) is 24.5 Å². The summed E-state index contributed by atoms with van der Waals surface area (Å²) in [4.78, 5) is 17.0. The molecule has 102 valence electrons. The van der Waals surface area contributed by atoms with E-state index in [0.717, 1.165) is 4.88 Å². The summed E-state index contributed by atoms with van der Waals surface area (Å²) in [5.41, 5.74) is 5.76. The van der Waals surface area contributed by atoms with Gasteiger partial charge in [-0.15, -0.1) is 0 Å². The van der Waals surface area contributed by atoms with E-state index in [4.69, 9.17) is 10.5 Å². The largest absolute Gasteiger partial charge is 0.496 e. The van der Waals surface area contributed by atoms with Crippen LogP contribution in [0.25, 0.3) is 0 Å². The van der Waals surface area contributed by atoms with E-state index >= 15 is 0 Å². The molecule has 0 spiro atoms. The SMILES string of the molecule is COc1ccccc1C(=O)Nc1ncc(C#CCN)s1. The van der Waals surface area contributed by atoms with E-state index in [1.165, 1.54) is 18.4 Å². The summed E-state index contributed by atoms with van der Waals surface area (Å²) in [7, 11) is 1.52. The molecule has 1 heterocycles. The first-order valence-electron chi connectivity index (χ1n) is 5.83. The van der Waals surface area contributed by atoms with Crippen molar-refractivity contribution in [1.29, 1.82) is 0 Å². The normalized spacial score (nSPS) is 9.50. The second kappa shape index (κ2) is 6.70. The number of carbonyl (C=O) groups is 1. The van der Waals surface area contributed by atoms with Gasteiger partial charge >= 0.3 is 0 Å².